The molecule has 0 unspecified atom stereocenters. The van der Waals surface area contributed by atoms with Crippen molar-refractivity contribution in [1.29, 1.82) is 0 Å². The summed E-state index contributed by atoms with van der Waals surface area (Å²) in [6.45, 7) is 16.8. The molecular weight excluding hydrogens is 1460 g/mol. The fraction of sp³-hybridized carbons (Fsp3) is 0.270. The molecule has 0 saturated heterocycles. The molecule has 4 aliphatic rings. The highest BCUT2D eigenvalue weighted by Crippen LogP contribution is 2.45. The van der Waals surface area contributed by atoms with Crippen molar-refractivity contribution < 1.29 is 13.7 Å². The van der Waals surface area contributed by atoms with Crippen LogP contribution in [0.3, 0.4) is 0 Å². The van der Waals surface area contributed by atoms with E-state index in [1.165, 1.54) is 249 Å². The molecule has 117 heavy (non-hydrogen) atoms. The van der Waals surface area contributed by atoms with Gasteiger partial charge in [-0.25, -0.2) is 13.7 Å². The molecule has 3 nitrogen and oxygen atoms in total. The monoisotopic (exact) mass is 1580 g/mol. The standard InChI is InChI=1S/C40H44NSi.C36H38NSi.C35H36NSi/c1-29-38(31-16-12-13-17-31)27-33(30-14-10-11-15-30)28-39(29)40-37-23-22-36(26-32(37)24-25-41(40)2)42(3,34-18-6-4-7-19-34)35-20-8-5-9-21-35;1-26-23-30(28-13-11-12-14-28)25-35(27(26)2)36-34-20-19-33(24-29(34)21-22-37(36)3)38(4,31-15-7-5-8-16-31)32-17-9-6-10-18-32;1-26-18-19-28(27-12-10-11-13-27)25-34(26)35-33-21-20-32(24-29(33)22-23-36(35)2)37(3,30-14-6-4-7-15-30)31-16-8-5-9-17-31/h4-9,18-28,30-31H,10-17H2,1-3H3;5-10,15-25,28H,11-14H2,1-4H3;4-9,14-25,27H,10-13H2,1-3H3/q3*+1. The third kappa shape index (κ3) is 15.5. The van der Waals surface area contributed by atoms with Crippen LogP contribution in [-0.4, -0.2) is 24.2 Å². The van der Waals surface area contributed by atoms with Gasteiger partial charge in [-0.05, 0) is 246 Å². The predicted molar refractivity (Wildman–Crippen MR) is 506 cm³/mol. The molecule has 0 amide bonds. The Labute approximate surface area is 700 Å². The van der Waals surface area contributed by atoms with Gasteiger partial charge in [0.15, 0.2) is 18.6 Å². The number of aromatic nitrogens is 3. The molecule has 12 aromatic carbocycles. The van der Waals surface area contributed by atoms with Gasteiger partial charge in [0.2, 0.25) is 17.1 Å². The molecule has 3 heterocycles. The molecule has 0 N–H and O–H groups in total. The fourth-order valence-corrected chi connectivity index (χ4v) is 32.1. The van der Waals surface area contributed by atoms with Crippen LogP contribution in [0, 0.1) is 27.7 Å². The van der Waals surface area contributed by atoms with Crippen LogP contribution in [0.25, 0.3) is 66.1 Å². The van der Waals surface area contributed by atoms with Crippen molar-refractivity contribution in [2.45, 2.75) is 174 Å². The van der Waals surface area contributed by atoms with E-state index in [1.807, 2.05) is 0 Å². The molecule has 4 fully saturated rings. The number of hydrogen-bond donors (Lipinski definition) is 0. The Morgan fingerprint density at radius 3 is 0.855 bits per heavy atom. The summed E-state index contributed by atoms with van der Waals surface area (Å²) in [4.78, 5) is 0. The van der Waals surface area contributed by atoms with Crippen molar-refractivity contribution in [3.63, 3.8) is 0 Å². The molecule has 0 spiro atoms. The number of aryl methyl sites for hydroxylation is 5. The Morgan fingerprint density at radius 2 is 0.521 bits per heavy atom. The summed E-state index contributed by atoms with van der Waals surface area (Å²) in [7, 11) is 0.150. The lowest BCUT2D eigenvalue weighted by molar-refractivity contribution is -0.659. The number of benzene rings is 12. The van der Waals surface area contributed by atoms with E-state index in [4.69, 9.17) is 0 Å². The van der Waals surface area contributed by atoms with Crippen molar-refractivity contribution in [3.05, 3.63) is 360 Å². The second-order valence-electron chi connectivity index (χ2n) is 35.6. The molecule has 0 atom stereocenters. The molecule has 15 aromatic rings. The van der Waals surface area contributed by atoms with Crippen LogP contribution < -0.4 is 60.4 Å². The first kappa shape index (κ1) is 79.0. The minimum Gasteiger partial charge on any atom is -0.200 e. The topological polar surface area (TPSA) is 11.6 Å². The summed E-state index contributed by atoms with van der Waals surface area (Å²) in [5, 5.41) is 21.1. The molecule has 4 saturated carbocycles. The summed E-state index contributed by atoms with van der Waals surface area (Å²) < 4.78 is 7.02. The number of fused-ring (bicyclic) bond motifs is 3. The normalized spacial score (nSPS) is 15.1. The molecule has 586 valence electrons. The maximum absolute atomic E-state index is 2.63. The Hall–Kier alpha value is -10.5. The van der Waals surface area contributed by atoms with E-state index in [1.54, 1.807) is 11.1 Å². The van der Waals surface area contributed by atoms with Crippen LogP contribution in [0.2, 0.25) is 19.6 Å². The van der Waals surface area contributed by atoms with Crippen molar-refractivity contribution in [3.8, 4) is 33.8 Å². The summed E-state index contributed by atoms with van der Waals surface area (Å²) in [6.07, 6.45) is 28.5. The summed E-state index contributed by atoms with van der Waals surface area (Å²) in [6, 6.07) is 113. The zero-order valence-corrected chi connectivity index (χ0v) is 74.0. The summed E-state index contributed by atoms with van der Waals surface area (Å²) >= 11 is 0. The van der Waals surface area contributed by atoms with Crippen LogP contribution in [0.4, 0.5) is 0 Å². The largest absolute Gasteiger partial charge is 0.220 e. The van der Waals surface area contributed by atoms with Gasteiger partial charge in [0.05, 0.1) is 27.3 Å². The van der Waals surface area contributed by atoms with Gasteiger partial charge in [0.25, 0.3) is 0 Å². The van der Waals surface area contributed by atoms with Gasteiger partial charge in [0.1, 0.15) is 45.4 Å². The van der Waals surface area contributed by atoms with Gasteiger partial charge < -0.3 is 0 Å². The van der Waals surface area contributed by atoms with Gasteiger partial charge in [-0.3, -0.25) is 0 Å². The fourth-order valence-electron chi connectivity index (χ4n) is 21.4. The molecule has 19 rings (SSSR count). The lowest BCUT2D eigenvalue weighted by Crippen LogP contribution is -2.64. The second kappa shape index (κ2) is 34.2. The lowest BCUT2D eigenvalue weighted by atomic mass is 9.84. The lowest BCUT2D eigenvalue weighted by Gasteiger charge is -2.30. The highest BCUT2D eigenvalue weighted by Gasteiger charge is 2.39. The Kier molecular flexibility index (Phi) is 23.1. The van der Waals surface area contributed by atoms with Crippen molar-refractivity contribution in [1.82, 2.24) is 0 Å². The summed E-state index contributed by atoms with van der Waals surface area (Å²) in [5.41, 5.74) is 20.2. The molecule has 4 aliphatic carbocycles. The van der Waals surface area contributed by atoms with Crippen molar-refractivity contribution in [2.24, 2.45) is 21.1 Å². The zero-order valence-electron chi connectivity index (χ0n) is 71.0. The molecule has 6 heteroatoms. The predicted octanol–water partition coefficient (Wildman–Crippen LogP) is 21.2. The molecule has 0 radical (unpaired) electrons. The van der Waals surface area contributed by atoms with E-state index >= 15 is 0 Å². The van der Waals surface area contributed by atoms with Crippen LogP contribution in [-0.2, 0) is 21.1 Å². The Morgan fingerprint density at radius 1 is 0.239 bits per heavy atom. The van der Waals surface area contributed by atoms with Crippen molar-refractivity contribution >= 4 is 103 Å². The van der Waals surface area contributed by atoms with Crippen molar-refractivity contribution in [2.75, 3.05) is 0 Å². The van der Waals surface area contributed by atoms with E-state index in [0.717, 1.165) is 17.8 Å². The molecular formula is C111H118N3Si3+3. The number of hydrogen-bond acceptors (Lipinski definition) is 0. The third-order valence-corrected chi connectivity index (χ3v) is 42.0. The van der Waals surface area contributed by atoms with Crippen LogP contribution in [0.15, 0.2) is 316 Å². The average Bonchev–Trinajstić information content (AvgIpc) is 0.887. The van der Waals surface area contributed by atoms with Gasteiger partial charge in [-0.2, -0.15) is 0 Å². The first-order valence-electron chi connectivity index (χ1n) is 44.0. The summed E-state index contributed by atoms with van der Waals surface area (Å²) in [5.74, 6) is 2.87. The second-order valence-corrected chi connectivity index (χ2v) is 47.5. The van der Waals surface area contributed by atoms with Crippen LogP contribution in [0.5, 0.6) is 0 Å². The first-order valence-corrected chi connectivity index (χ1v) is 51.5. The van der Waals surface area contributed by atoms with E-state index < -0.39 is 24.2 Å². The molecule has 0 bridgehead atoms. The number of pyridine rings is 3. The zero-order chi connectivity index (χ0) is 80.4. The van der Waals surface area contributed by atoms with Gasteiger partial charge in [0, 0.05) is 23.8 Å². The van der Waals surface area contributed by atoms with E-state index in [-0.39, 0.29) is 0 Å². The minimum atomic E-state index is -2.18. The first-order chi connectivity index (χ1) is 57.1. The third-order valence-electron chi connectivity index (χ3n) is 28.7. The average molecular weight is 1580 g/mol. The Balaban J connectivity index is 0.000000126. The molecule has 0 aliphatic heterocycles. The minimum absolute atomic E-state index is 0.711. The highest BCUT2D eigenvalue weighted by molar-refractivity contribution is 7.12. The Bertz CT molecular complexity index is 5920. The highest BCUT2D eigenvalue weighted by atomic mass is 28.3. The van der Waals surface area contributed by atoms with E-state index in [0.29, 0.717) is 5.92 Å². The quantitative estimate of drug-likeness (QED) is 0.0519. The number of rotatable bonds is 16. The number of nitrogens with zero attached hydrogens (tertiary/aromatic N) is 3. The van der Waals surface area contributed by atoms with Gasteiger partial charge in [-0.15, -0.1) is 0 Å². The maximum Gasteiger partial charge on any atom is 0.220 e. The van der Waals surface area contributed by atoms with E-state index in [9.17, 15) is 0 Å². The smallest absolute Gasteiger partial charge is 0.200 e. The van der Waals surface area contributed by atoms with E-state index in [2.05, 4.69) is 398 Å². The van der Waals surface area contributed by atoms with Gasteiger partial charge in [-0.1, -0.05) is 314 Å². The SMILES string of the molecule is Cc1c(-c2c3ccc([Si](C)(c4ccccc4)c4ccccc4)cc3cc[n+]2C)cc(C2CCCC2)cc1C1CCCC1.Cc1cc(C2CCCC2)cc(-c2c3ccc([Si](C)(c4ccccc4)c4ccccc4)cc3cc[n+]2C)c1C.Cc1ccc(C2CCCC2)cc1-c1c2ccc([Si](C)(c3ccccc3)c3ccccc3)cc2cc[n+]1C. The van der Waals surface area contributed by atoms with Crippen LogP contribution in [0.1, 0.15) is 171 Å². The van der Waals surface area contributed by atoms with Gasteiger partial charge >= 0.3 is 0 Å². The maximum atomic E-state index is 2.63. The molecule has 3 aromatic heterocycles. The van der Waals surface area contributed by atoms with Crippen LogP contribution >= 0.6 is 0 Å².